The topological polar surface area (TPSA) is 51.2 Å². The standard InChI is InChI=1S/C9H12.3CH2O.Cr/c1-7-4-8(2)6-9(3)5-7;3*1-2;/h4-6H,1-3H3;3*1H2;. The van der Waals surface area contributed by atoms with Gasteiger partial charge in [-0.25, -0.2) is 0 Å². The normalized spacial score (nSPS) is 6.19. The molecule has 0 aromatic heterocycles. The van der Waals surface area contributed by atoms with Crippen molar-refractivity contribution < 1.29 is 31.7 Å². The molecule has 1 aromatic rings. The first-order valence-electron chi connectivity index (χ1n) is 4.10. The molecular weight excluding hydrogens is 244 g/mol. The molecule has 16 heavy (non-hydrogen) atoms. The Morgan fingerprint density at radius 1 is 0.625 bits per heavy atom. The quantitative estimate of drug-likeness (QED) is 0.719. The predicted molar refractivity (Wildman–Crippen MR) is 62.0 cm³/mol. The van der Waals surface area contributed by atoms with Crippen LogP contribution < -0.4 is 0 Å². The monoisotopic (exact) mass is 262 g/mol. The van der Waals surface area contributed by atoms with Gasteiger partial charge in [0.25, 0.3) is 0 Å². The van der Waals surface area contributed by atoms with Gasteiger partial charge in [-0.3, -0.25) is 0 Å². The summed E-state index contributed by atoms with van der Waals surface area (Å²) in [6, 6.07) is 6.56. The molecule has 0 aliphatic heterocycles. The van der Waals surface area contributed by atoms with Crippen LogP contribution in [0.5, 0.6) is 0 Å². The summed E-state index contributed by atoms with van der Waals surface area (Å²) in [7, 11) is 0. The van der Waals surface area contributed by atoms with E-state index >= 15 is 0 Å². The average Bonchev–Trinajstić information content (AvgIpc) is 2.24. The molecule has 0 N–H and O–H groups in total. The van der Waals surface area contributed by atoms with Crippen molar-refractivity contribution in [2.24, 2.45) is 0 Å². The molecule has 0 saturated heterocycles. The van der Waals surface area contributed by atoms with Gasteiger partial charge in [-0.05, 0) is 20.8 Å². The van der Waals surface area contributed by atoms with E-state index in [0.29, 0.717) is 0 Å². The molecule has 0 saturated carbocycles. The molecule has 1 aromatic carbocycles. The van der Waals surface area contributed by atoms with Crippen LogP contribution in [0.3, 0.4) is 0 Å². The number of hydrogen-bond acceptors (Lipinski definition) is 3. The van der Waals surface area contributed by atoms with Gasteiger partial charge in [-0.2, -0.15) is 0 Å². The van der Waals surface area contributed by atoms with Crippen LogP contribution in [0.2, 0.25) is 0 Å². The van der Waals surface area contributed by atoms with Crippen molar-refractivity contribution in [2.45, 2.75) is 20.8 Å². The van der Waals surface area contributed by atoms with E-state index < -0.39 is 0 Å². The molecule has 3 nitrogen and oxygen atoms in total. The molecule has 0 unspecified atom stereocenters. The van der Waals surface area contributed by atoms with Crippen LogP contribution in [0, 0.1) is 20.8 Å². The Kier molecular flexibility index (Phi) is 29.2. The van der Waals surface area contributed by atoms with E-state index in [4.69, 9.17) is 14.4 Å². The van der Waals surface area contributed by atoms with E-state index in [1.54, 1.807) is 0 Å². The molecule has 4 heteroatoms. The second-order valence-corrected chi connectivity index (χ2v) is 2.67. The summed E-state index contributed by atoms with van der Waals surface area (Å²) >= 11 is 0. The average molecular weight is 262 g/mol. The van der Waals surface area contributed by atoms with Crippen LogP contribution in [0.15, 0.2) is 18.2 Å². The Morgan fingerprint density at radius 2 is 0.750 bits per heavy atom. The van der Waals surface area contributed by atoms with Crippen molar-refractivity contribution in [1.29, 1.82) is 0 Å². The summed E-state index contributed by atoms with van der Waals surface area (Å²) in [6.45, 7) is 12.4. The van der Waals surface area contributed by atoms with E-state index in [-0.39, 0.29) is 17.4 Å². The fraction of sp³-hybridized carbons (Fsp3) is 0.250. The van der Waals surface area contributed by atoms with Gasteiger partial charge in [0.05, 0.1) is 0 Å². The molecular formula is C12H18CrO3. The third-order valence-electron chi connectivity index (χ3n) is 1.37. The maximum absolute atomic E-state index is 8.00. The summed E-state index contributed by atoms with van der Waals surface area (Å²) in [5.41, 5.74) is 4.06. The maximum Gasteiger partial charge on any atom is 0.106 e. The molecule has 0 aliphatic carbocycles. The maximum atomic E-state index is 8.00. The van der Waals surface area contributed by atoms with Gasteiger partial charge in [0.2, 0.25) is 0 Å². The summed E-state index contributed by atoms with van der Waals surface area (Å²) in [5.74, 6) is 0. The van der Waals surface area contributed by atoms with Gasteiger partial charge in [0.1, 0.15) is 20.4 Å². The zero-order valence-corrected chi connectivity index (χ0v) is 11.3. The van der Waals surface area contributed by atoms with Crippen LogP contribution >= 0.6 is 0 Å². The third-order valence-corrected chi connectivity index (χ3v) is 1.37. The second-order valence-electron chi connectivity index (χ2n) is 2.67. The van der Waals surface area contributed by atoms with Gasteiger partial charge < -0.3 is 14.4 Å². The van der Waals surface area contributed by atoms with Crippen molar-refractivity contribution in [3.63, 3.8) is 0 Å². The van der Waals surface area contributed by atoms with Crippen LogP contribution in [0.1, 0.15) is 16.7 Å². The Balaban J connectivity index is -0.0000000900. The number of carbonyl (C=O) groups is 3. The van der Waals surface area contributed by atoms with Gasteiger partial charge >= 0.3 is 0 Å². The Bertz CT molecular complexity index is 209. The predicted octanol–water partition coefficient (Wildman–Crippen LogP) is 2.05. The van der Waals surface area contributed by atoms with Gasteiger partial charge in [-0.15, -0.1) is 0 Å². The first-order valence-corrected chi connectivity index (χ1v) is 4.10. The van der Waals surface area contributed by atoms with Crippen LogP contribution in [0.4, 0.5) is 0 Å². The van der Waals surface area contributed by atoms with Crippen LogP contribution in [-0.4, -0.2) is 20.4 Å². The number of aryl methyl sites for hydroxylation is 3. The van der Waals surface area contributed by atoms with Crippen molar-refractivity contribution in [3.8, 4) is 0 Å². The molecule has 1 rings (SSSR count). The number of benzene rings is 1. The molecule has 0 bridgehead atoms. The molecule has 0 aliphatic rings. The minimum absolute atomic E-state index is 0. The number of carbonyl (C=O) groups excluding carboxylic acids is 3. The van der Waals surface area contributed by atoms with Crippen molar-refractivity contribution in [2.75, 3.05) is 0 Å². The Morgan fingerprint density at radius 3 is 0.875 bits per heavy atom. The molecule has 0 fully saturated rings. The largest absolute Gasteiger partial charge is 0.307 e. The SMILES string of the molecule is C=O.C=O.C=O.Cc1cc(C)cc(C)c1.[Cr]. The molecule has 90 valence electrons. The molecule has 0 atom stereocenters. The summed E-state index contributed by atoms with van der Waals surface area (Å²) < 4.78 is 0. The first-order chi connectivity index (χ1) is 7.18. The zero-order valence-electron chi connectivity index (χ0n) is 9.99. The number of hydrogen-bond donors (Lipinski definition) is 0. The number of rotatable bonds is 0. The zero-order chi connectivity index (χ0) is 12.9. The van der Waals surface area contributed by atoms with Gasteiger partial charge in [0.15, 0.2) is 0 Å². The van der Waals surface area contributed by atoms with E-state index in [1.807, 2.05) is 20.4 Å². The van der Waals surface area contributed by atoms with Gasteiger partial charge in [0, 0.05) is 17.4 Å². The summed E-state index contributed by atoms with van der Waals surface area (Å²) in [4.78, 5) is 24.0. The molecule has 0 radical (unpaired) electrons. The van der Waals surface area contributed by atoms with Crippen molar-refractivity contribution >= 4 is 20.4 Å². The van der Waals surface area contributed by atoms with E-state index in [9.17, 15) is 0 Å². The Hall–Kier alpha value is -1.24. The fourth-order valence-corrected chi connectivity index (χ4v) is 1.20. The second kappa shape index (κ2) is 19.4. The fourth-order valence-electron chi connectivity index (χ4n) is 1.20. The molecule has 0 spiro atoms. The van der Waals surface area contributed by atoms with E-state index in [2.05, 4.69) is 39.0 Å². The van der Waals surface area contributed by atoms with Crippen LogP contribution in [-0.2, 0) is 31.7 Å². The molecule has 0 amide bonds. The summed E-state index contributed by atoms with van der Waals surface area (Å²) in [6.07, 6.45) is 0. The van der Waals surface area contributed by atoms with Crippen molar-refractivity contribution in [1.82, 2.24) is 0 Å². The minimum Gasteiger partial charge on any atom is -0.307 e. The Labute approximate surface area is 108 Å². The van der Waals surface area contributed by atoms with E-state index in [1.165, 1.54) is 16.7 Å². The summed E-state index contributed by atoms with van der Waals surface area (Å²) in [5, 5.41) is 0. The van der Waals surface area contributed by atoms with E-state index in [0.717, 1.165) is 0 Å². The minimum atomic E-state index is 0. The first kappa shape index (κ1) is 24.1. The molecule has 0 heterocycles. The smallest absolute Gasteiger partial charge is 0.106 e. The third kappa shape index (κ3) is 15.2. The van der Waals surface area contributed by atoms with Crippen LogP contribution in [0.25, 0.3) is 0 Å². The van der Waals surface area contributed by atoms with Gasteiger partial charge in [-0.1, -0.05) is 34.9 Å². The van der Waals surface area contributed by atoms with Crippen molar-refractivity contribution in [3.05, 3.63) is 34.9 Å².